The van der Waals surface area contributed by atoms with Crippen LogP contribution in [0.3, 0.4) is 0 Å². The molecule has 1 amide bonds. The highest BCUT2D eigenvalue weighted by atomic mass is 32.2. The smallest absolute Gasteiger partial charge is 0.305 e. The number of aryl methyl sites for hydroxylation is 2. The summed E-state index contributed by atoms with van der Waals surface area (Å²) in [6, 6.07) is 6.15. The van der Waals surface area contributed by atoms with Gasteiger partial charge in [-0.1, -0.05) is 17.7 Å². The summed E-state index contributed by atoms with van der Waals surface area (Å²) >= 11 is 1.50. The molecule has 5 heteroatoms. The molecule has 0 saturated heterocycles. The van der Waals surface area contributed by atoms with E-state index >= 15 is 0 Å². The van der Waals surface area contributed by atoms with Crippen LogP contribution in [-0.4, -0.2) is 28.3 Å². The van der Waals surface area contributed by atoms with E-state index in [0.717, 1.165) is 29.7 Å². The van der Waals surface area contributed by atoms with Crippen molar-refractivity contribution in [2.75, 3.05) is 5.75 Å². The quantitative estimate of drug-likeness (QED) is 0.793. The van der Waals surface area contributed by atoms with Gasteiger partial charge in [0.25, 0.3) is 0 Å². The van der Waals surface area contributed by atoms with Gasteiger partial charge in [-0.25, -0.2) is 0 Å². The molecule has 114 valence electrons. The number of hydrogen-bond donors (Lipinski definition) is 2. The second-order valence-electron chi connectivity index (χ2n) is 5.81. The fraction of sp³-hybridized carbons (Fsp3) is 0.500. The standard InChI is InChI=1S/C16H21NO3S/c1-11-4-5-13(12(2)8-11)21-10-14(18)17-16(6-3-7-16)9-15(19)20/h4-5,8H,3,6-7,9-10H2,1-2H3,(H,17,18)(H,19,20). The van der Waals surface area contributed by atoms with E-state index in [1.165, 1.54) is 17.3 Å². The molecular formula is C16H21NO3S. The van der Waals surface area contributed by atoms with Crippen LogP contribution in [0.4, 0.5) is 0 Å². The predicted molar refractivity (Wildman–Crippen MR) is 83.6 cm³/mol. The molecule has 0 unspecified atom stereocenters. The van der Waals surface area contributed by atoms with Gasteiger partial charge in [0.05, 0.1) is 17.7 Å². The minimum Gasteiger partial charge on any atom is -0.481 e. The minimum atomic E-state index is -0.850. The van der Waals surface area contributed by atoms with E-state index < -0.39 is 11.5 Å². The summed E-state index contributed by atoms with van der Waals surface area (Å²) in [4.78, 5) is 24.0. The van der Waals surface area contributed by atoms with E-state index in [4.69, 9.17) is 5.11 Å². The summed E-state index contributed by atoms with van der Waals surface area (Å²) < 4.78 is 0. The summed E-state index contributed by atoms with van der Waals surface area (Å²) in [6.45, 7) is 4.07. The van der Waals surface area contributed by atoms with Crippen molar-refractivity contribution in [2.24, 2.45) is 0 Å². The number of amides is 1. The lowest BCUT2D eigenvalue weighted by atomic mass is 9.74. The highest BCUT2D eigenvalue weighted by Crippen LogP contribution is 2.35. The fourth-order valence-corrected chi connectivity index (χ4v) is 3.49. The summed E-state index contributed by atoms with van der Waals surface area (Å²) in [7, 11) is 0. The van der Waals surface area contributed by atoms with Gasteiger partial charge in [0.1, 0.15) is 0 Å². The van der Waals surface area contributed by atoms with E-state index in [0.29, 0.717) is 5.75 Å². The Morgan fingerprint density at radius 1 is 1.33 bits per heavy atom. The maximum atomic E-state index is 12.1. The molecule has 0 heterocycles. The van der Waals surface area contributed by atoms with Crippen LogP contribution in [0.1, 0.15) is 36.8 Å². The summed E-state index contributed by atoms with van der Waals surface area (Å²) in [6.07, 6.45) is 2.53. The number of carbonyl (C=O) groups excluding carboxylic acids is 1. The minimum absolute atomic E-state index is 0.0208. The van der Waals surface area contributed by atoms with Crippen LogP contribution in [-0.2, 0) is 9.59 Å². The van der Waals surface area contributed by atoms with E-state index in [2.05, 4.69) is 11.4 Å². The summed E-state index contributed by atoms with van der Waals surface area (Å²) in [5.74, 6) is -0.608. The number of rotatable bonds is 6. The first kappa shape index (κ1) is 15.9. The van der Waals surface area contributed by atoms with Crippen LogP contribution in [0.15, 0.2) is 23.1 Å². The Morgan fingerprint density at radius 2 is 2.05 bits per heavy atom. The van der Waals surface area contributed by atoms with Gasteiger partial charge in [-0.2, -0.15) is 0 Å². The van der Waals surface area contributed by atoms with Gasteiger partial charge >= 0.3 is 5.97 Å². The first-order chi connectivity index (χ1) is 9.90. The molecule has 0 atom stereocenters. The van der Waals surface area contributed by atoms with Crippen molar-refractivity contribution in [3.05, 3.63) is 29.3 Å². The highest BCUT2D eigenvalue weighted by molar-refractivity contribution is 8.00. The maximum absolute atomic E-state index is 12.1. The van der Waals surface area contributed by atoms with Crippen molar-refractivity contribution in [3.8, 4) is 0 Å². The molecule has 0 bridgehead atoms. The Hall–Kier alpha value is -1.49. The summed E-state index contributed by atoms with van der Waals surface area (Å²) in [5.41, 5.74) is 1.86. The lowest BCUT2D eigenvalue weighted by Crippen LogP contribution is -2.55. The fourth-order valence-electron chi connectivity index (χ4n) is 2.68. The van der Waals surface area contributed by atoms with Crippen LogP contribution < -0.4 is 5.32 Å². The number of carbonyl (C=O) groups is 2. The van der Waals surface area contributed by atoms with Gasteiger partial charge in [-0.05, 0) is 44.7 Å². The third kappa shape index (κ3) is 4.24. The van der Waals surface area contributed by atoms with Gasteiger partial charge in [-0.3, -0.25) is 9.59 Å². The zero-order chi connectivity index (χ0) is 15.5. The van der Waals surface area contributed by atoms with Gasteiger partial charge in [0.15, 0.2) is 0 Å². The Morgan fingerprint density at radius 3 is 2.57 bits per heavy atom. The van der Waals surface area contributed by atoms with Crippen molar-refractivity contribution in [3.63, 3.8) is 0 Å². The molecule has 2 rings (SSSR count). The molecule has 1 aliphatic carbocycles. The first-order valence-electron chi connectivity index (χ1n) is 7.13. The van der Waals surface area contributed by atoms with Crippen LogP contribution in [0.5, 0.6) is 0 Å². The topological polar surface area (TPSA) is 66.4 Å². The van der Waals surface area contributed by atoms with Crippen molar-refractivity contribution >= 4 is 23.6 Å². The lowest BCUT2D eigenvalue weighted by molar-refractivity contribution is -0.140. The molecule has 1 aliphatic rings. The van der Waals surface area contributed by atoms with E-state index in [9.17, 15) is 9.59 Å². The molecule has 1 aromatic carbocycles. The Kier molecular flexibility index (Phi) is 4.93. The van der Waals surface area contributed by atoms with Gasteiger partial charge in [0, 0.05) is 4.90 Å². The zero-order valence-electron chi connectivity index (χ0n) is 12.4. The van der Waals surface area contributed by atoms with Gasteiger partial charge in [-0.15, -0.1) is 11.8 Å². The van der Waals surface area contributed by atoms with Crippen LogP contribution in [0, 0.1) is 13.8 Å². The number of benzene rings is 1. The Bertz CT molecular complexity index is 552. The average Bonchev–Trinajstić information content (AvgIpc) is 2.34. The van der Waals surface area contributed by atoms with Gasteiger partial charge in [0.2, 0.25) is 5.91 Å². The molecule has 2 N–H and O–H groups in total. The predicted octanol–water partition coefficient (Wildman–Crippen LogP) is 2.91. The Balaban J connectivity index is 1.88. The molecule has 21 heavy (non-hydrogen) atoms. The van der Waals surface area contributed by atoms with E-state index in [1.54, 1.807) is 0 Å². The lowest BCUT2D eigenvalue weighted by Gasteiger charge is -2.41. The van der Waals surface area contributed by atoms with E-state index in [1.807, 2.05) is 26.0 Å². The van der Waals surface area contributed by atoms with Gasteiger partial charge < -0.3 is 10.4 Å². The zero-order valence-corrected chi connectivity index (χ0v) is 13.3. The second-order valence-corrected chi connectivity index (χ2v) is 6.83. The van der Waals surface area contributed by atoms with Crippen LogP contribution in [0.2, 0.25) is 0 Å². The second kappa shape index (κ2) is 6.52. The maximum Gasteiger partial charge on any atom is 0.305 e. The number of hydrogen-bond acceptors (Lipinski definition) is 3. The molecule has 4 nitrogen and oxygen atoms in total. The molecule has 1 saturated carbocycles. The Labute approximate surface area is 129 Å². The highest BCUT2D eigenvalue weighted by Gasteiger charge is 2.40. The number of aliphatic carboxylic acids is 1. The monoisotopic (exact) mass is 307 g/mol. The van der Waals surface area contributed by atoms with Crippen molar-refractivity contribution in [1.82, 2.24) is 5.32 Å². The molecule has 0 aromatic heterocycles. The average molecular weight is 307 g/mol. The molecular weight excluding hydrogens is 286 g/mol. The molecule has 1 aromatic rings. The molecule has 0 spiro atoms. The third-order valence-corrected chi connectivity index (χ3v) is 5.07. The van der Waals surface area contributed by atoms with Crippen molar-refractivity contribution in [1.29, 1.82) is 0 Å². The molecule has 0 aliphatic heterocycles. The third-order valence-electron chi connectivity index (χ3n) is 3.89. The van der Waals surface area contributed by atoms with Crippen LogP contribution >= 0.6 is 11.8 Å². The summed E-state index contributed by atoms with van der Waals surface area (Å²) in [5, 5.41) is 11.9. The van der Waals surface area contributed by atoms with E-state index in [-0.39, 0.29) is 12.3 Å². The largest absolute Gasteiger partial charge is 0.481 e. The normalized spacial score (nSPS) is 16.1. The number of thioether (sulfide) groups is 1. The first-order valence-corrected chi connectivity index (χ1v) is 8.12. The SMILES string of the molecule is Cc1ccc(SCC(=O)NC2(CC(=O)O)CCC2)c(C)c1. The van der Waals surface area contributed by atoms with Crippen LogP contribution in [0.25, 0.3) is 0 Å². The molecule has 1 fully saturated rings. The number of nitrogens with one attached hydrogen (secondary N) is 1. The number of carboxylic acid groups (broad SMARTS) is 1. The molecule has 0 radical (unpaired) electrons. The number of carboxylic acids is 1. The van der Waals surface area contributed by atoms with Crippen molar-refractivity contribution in [2.45, 2.75) is 50.0 Å². The van der Waals surface area contributed by atoms with Crippen molar-refractivity contribution < 1.29 is 14.7 Å².